The summed E-state index contributed by atoms with van der Waals surface area (Å²) in [5.74, 6) is 0. The van der Waals surface area contributed by atoms with Crippen molar-refractivity contribution in [3.05, 3.63) is 241 Å². The Balaban J connectivity index is 0.00000543. The first kappa shape index (κ1) is 47.1. The third-order valence-electron chi connectivity index (χ3n) is 16.0. The average molecular weight is 997 g/mol. The van der Waals surface area contributed by atoms with Crippen LogP contribution in [-0.4, -0.2) is 72.0 Å². The Morgan fingerprint density at radius 3 is 0.493 bits per heavy atom. The van der Waals surface area contributed by atoms with Gasteiger partial charge in [-0.25, -0.2) is 0 Å². The van der Waals surface area contributed by atoms with Gasteiger partial charge in [0, 0.05) is 95.6 Å². The fourth-order valence-electron chi connectivity index (χ4n) is 12.2. The van der Waals surface area contributed by atoms with Gasteiger partial charge in [-0.15, -0.1) is 0 Å². The minimum atomic E-state index is 0. The molecule has 0 aromatic heterocycles. The molecule has 0 unspecified atom stereocenters. The van der Waals surface area contributed by atoms with Gasteiger partial charge in [0.1, 0.15) is 0 Å². The Hall–Kier alpha value is -6.92. The summed E-state index contributed by atoms with van der Waals surface area (Å²) in [5.41, 5.74) is 5.73. The zero-order valence-corrected chi connectivity index (χ0v) is 42.3. The fourth-order valence-corrected chi connectivity index (χ4v) is 12.2. The van der Waals surface area contributed by atoms with Crippen LogP contribution in [0.25, 0.3) is 86.2 Å². The number of hydrogen-bond donors (Lipinski definition) is 0. The first-order chi connectivity index (χ1) is 35.7. The van der Waals surface area contributed by atoms with E-state index in [4.69, 9.17) is 0 Å². The summed E-state index contributed by atoms with van der Waals surface area (Å²) in [6, 6.07) is 81.9. The normalized spacial score (nSPS) is 15.1. The molecular formula is C68H60CuN4. The number of fused-ring (bicyclic) bond motifs is 8. The zero-order chi connectivity index (χ0) is 47.8. The van der Waals surface area contributed by atoms with E-state index in [9.17, 15) is 0 Å². The molecule has 0 bridgehead atoms. The van der Waals surface area contributed by atoms with Crippen LogP contribution in [0.3, 0.4) is 0 Å². The quantitative estimate of drug-likeness (QED) is 0.111. The molecule has 0 aliphatic carbocycles. The Morgan fingerprint density at radius 2 is 0.342 bits per heavy atom. The van der Waals surface area contributed by atoms with Crippen molar-refractivity contribution in [3.63, 3.8) is 0 Å². The van der Waals surface area contributed by atoms with Crippen molar-refractivity contribution in [2.24, 2.45) is 0 Å². The Labute approximate surface area is 439 Å². The van der Waals surface area contributed by atoms with E-state index >= 15 is 0 Å². The van der Waals surface area contributed by atoms with Gasteiger partial charge >= 0.3 is 0 Å². The topological polar surface area (TPSA) is 13.0 Å². The maximum Gasteiger partial charge on any atom is 0.0247 e. The van der Waals surface area contributed by atoms with E-state index in [2.05, 4.69) is 238 Å². The van der Waals surface area contributed by atoms with E-state index in [-0.39, 0.29) is 17.1 Å². The van der Waals surface area contributed by atoms with Crippen LogP contribution in [0.15, 0.2) is 218 Å². The minimum Gasteiger partial charge on any atom is -0.296 e. The van der Waals surface area contributed by atoms with Gasteiger partial charge < -0.3 is 0 Å². The van der Waals surface area contributed by atoms with Crippen LogP contribution >= 0.6 is 0 Å². The van der Waals surface area contributed by atoms with Gasteiger partial charge in [-0.2, -0.15) is 0 Å². The van der Waals surface area contributed by atoms with Gasteiger partial charge in [-0.05, 0) is 133 Å². The van der Waals surface area contributed by atoms with E-state index in [1.165, 1.54) is 108 Å². The summed E-state index contributed by atoms with van der Waals surface area (Å²) < 4.78 is 0. The van der Waals surface area contributed by atoms with Gasteiger partial charge in [0.15, 0.2) is 0 Å². The average Bonchev–Trinajstić information content (AvgIpc) is 3.42. The first-order valence-corrected chi connectivity index (χ1v) is 26.1. The summed E-state index contributed by atoms with van der Waals surface area (Å²) in [5, 5.41) is 21.4. The standard InChI is InChI=1S/C68H60N4.Cu/c1-9-25-57-49(17-1)41-50-18-2-10-26-58(50)65(57)45-69-33-35-70(46-66-59-27-11-3-19-51(59)42-52-20-4-12-28-60(52)66)37-39-72(48-68-63-31-15-7-23-55(63)44-56-24-8-16-32-64(56)68)40-38-71(36-34-69)47-67-61-29-13-5-21-53(61)43-54-22-6-14-30-62(54)67;/h1-32,41-44H,33-40,45-48H2;/i;1+0. The van der Waals surface area contributed by atoms with Gasteiger partial charge in [0.25, 0.3) is 0 Å². The third kappa shape index (κ3) is 9.50. The maximum atomic E-state index is 2.79. The van der Waals surface area contributed by atoms with E-state index in [0.29, 0.717) is 0 Å². The molecule has 73 heavy (non-hydrogen) atoms. The van der Waals surface area contributed by atoms with Crippen LogP contribution in [0.2, 0.25) is 0 Å². The van der Waals surface area contributed by atoms with Gasteiger partial charge in [-0.3, -0.25) is 19.6 Å². The van der Waals surface area contributed by atoms with Crippen molar-refractivity contribution in [3.8, 4) is 0 Å². The van der Waals surface area contributed by atoms with Crippen molar-refractivity contribution in [1.82, 2.24) is 19.6 Å². The van der Waals surface area contributed by atoms with Crippen LogP contribution in [0.5, 0.6) is 0 Å². The van der Waals surface area contributed by atoms with Gasteiger partial charge in [0.05, 0.1) is 0 Å². The molecule has 1 aliphatic heterocycles. The van der Waals surface area contributed by atoms with Crippen molar-refractivity contribution >= 4 is 86.2 Å². The maximum absolute atomic E-state index is 2.79. The SMILES string of the molecule is [64Cu].c1ccc2c(CN3CCN(Cc4c5ccccc5cc5ccccc45)CCN(Cc4c5ccccc5cc5ccccc45)CCN(Cc4c5ccccc5cc5ccccc45)CC3)c3ccccc3cc2c1. The molecule has 1 fully saturated rings. The summed E-state index contributed by atoms with van der Waals surface area (Å²) in [6.45, 7) is 11.2. The summed E-state index contributed by atoms with van der Waals surface area (Å²) in [4.78, 5) is 11.2. The third-order valence-corrected chi connectivity index (χ3v) is 16.0. The molecule has 363 valence electrons. The predicted molar refractivity (Wildman–Crippen MR) is 307 cm³/mol. The van der Waals surface area contributed by atoms with Crippen molar-refractivity contribution in [2.75, 3.05) is 52.4 Å². The van der Waals surface area contributed by atoms with Crippen LogP contribution in [0.4, 0.5) is 0 Å². The number of hydrogen-bond acceptors (Lipinski definition) is 4. The number of benzene rings is 12. The molecular weight excluding hydrogens is 937 g/mol. The van der Waals surface area contributed by atoms with E-state index < -0.39 is 0 Å². The minimum absolute atomic E-state index is 0. The first-order valence-electron chi connectivity index (χ1n) is 26.1. The van der Waals surface area contributed by atoms with Crippen LogP contribution < -0.4 is 0 Å². The molecule has 0 saturated carbocycles. The van der Waals surface area contributed by atoms with Crippen LogP contribution in [-0.2, 0) is 43.2 Å². The second-order valence-corrected chi connectivity index (χ2v) is 20.3. The summed E-state index contributed by atoms with van der Waals surface area (Å²) in [7, 11) is 0. The molecule has 1 saturated heterocycles. The van der Waals surface area contributed by atoms with Crippen molar-refractivity contribution in [2.45, 2.75) is 26.2 Å². The number of rotatable bonds is 8. The molecule has 0 amide bonds. The fraction of sp³-hybridized carbons (Fsp3) is 0.176. The zero-order valence-electron chi connectivity index (χ0n) is 41.4. The monoisotopic (exact) mass is 996 g/mol. The Morgan fingerprint density at radius 1 is 0.205 bits per heavy atom. The number of nitrogens with zero attached hydrogens (tertiary/aromatic N) is 4. The molecule has 1 radical (unpaired) electrons. The van der Waals surface area contributed by atoms with Gasteiger partial charge in [0.2, 0.25) is 0 Å². The molecule has 1 aliphatic rings. The Kier molecular flexibility index (Phi) is 13.5. The second-order valence-electron chi connectivity index (χ2n) is 20.3. The predicted octanol–water partition coefficient (Wildman–Crippen LogP) is 15.2. The van der Waals surface area contributed by atoms with E-state index in [1.54, 1.807) is 0 Å². The van der Waals surface area contributed by atoms with Crippen molar-refractivity contribution in [1.29, 1.82) is 0 Å². The molecule has 12 aromatic carbocycles. The van der Waals surface area contributed by atoms with Crippen LogP contribution in [0.1, 0.15) is 22.3 Å². The van der Waals surface area contributed by atoms with Crippen LogP contribution in [0, 0.1) is 0 Å². The molecule has 1 heterocycles. The molecule has 4 nitrogen and oxygen atoms in total. The second kappa shape index (κ2) is 20.9. The van der Waals surface area contributed by atoms with Crippen molar-refractivity contribution < 1.29 is 17.1 Å². The van der Waals surface area contributed by atoms with E-state index in [1.807, 2.05) is 0 Å². The largest absolute Gasteiger partial charge is 0.296 e. The molecule has 0 spiro atoms. The molecule has 12 aromatic rings. The van der Waals surface area contributed by atoms with E-state index in [0.717, 1.165) is 78.5 Å². The molecule has 0 N–H and O–H groups in total. The summed E-state index contributed by atoms with van der Waals surface area (Å²) in [6.07, 6.45) is 0. The molecule has 5 heteroatoms. The smallest absolute Gasteiger partial charge is 0.0247 e. The summed E-state index contributed by atoms with van der Waals surface area (Å²) >= 11 is 0. The molecule has 13 rings (SSSR count). The van der Waals surface area contributed by atoms with Gasteiger partial charge in [-0.1, -0.05) is 194 Å². The molecule has 0 atom stereocenters. The Bertz CT molecular complexity index is 3210.